The number of anilines is 1. The summed E-state index contributed by atoms with van der Waals surface area (Å²) < 4.78 is 0. The van der Waals surface area contributed by atoms with Crippen molar-refractivity contribution in [2.75, 3.05) is 4.90 Å². The Morgan fingerprint density at radius 3 is 2.26 bits per heavy atom. The Labute approximate surface area is 179 Å². The molecule has 2 heterocycles. The summed E-state index contributed by atoms with van der Waals surface area (Å²) in [4.78, 5) is 31.2. The van der Waals surface area contributed by atoms with E-state index in [2.05, 4.69) is 32.1 Å². The largest absolute Gasteiger partial charge is 0.347 e. The van der Waals surface area contributed by atoms with Crippen LogP contribution in [0.5, 0.6) is 0 Å². The predicted molar refractivity (Wildman–Crippen MR) is 121 cm³/mol. The van der Waals surface area contributed by atoms with Crippen LogP contribution in [0.3, 0.4) is 0 Å². The number of carbonyl (C=O) groups excluding carboxylic acids is 1. The molecular formula is C25H19N5O. The summed E-state index contributed by atoms with van der Waals surface area (Å²) in [6.07, 6.45) is 6.70. The van der Waals surface area contributed by atoms with Crippen molar-refractivity contribution in [3.05, 3.63) is 109 Å². The molecule has 1 amide bonds. The highest BCUT2D eigenvalue weighted by Crippen LogP contribution is 2.25. The summed E-state index contributed by atoms with van der Waals surface area (Å²) in [5, 5.41) is 0. The highest BCUT2D eigenvalue weighted by Gasteiger charge is 2.20. The lowest BCUT2D eigenvalue weighted by atomic mass is 10.0. The fourth-order valence-corrected chi connectivity index (χ4v) is 3.53. The van der Waals surface area contributed by atoms with Gasteiger partial charge >= 0.3 is 0 Å². The van der Waals surface area contributed by atoms with Crippen molar-refractivity contribution < 1.29 is 4.79 Å². The SMILES string of the molecule is O=C(c1ccc2nccnc2c1)N(Cc1ncc[nH]1)c1ccc(-c2ccccc2)cc1. The molecule has 2 aromatic heterocycles. The highest BCUT2D eigenvalue weighted by molar-refractivity contribution is 6.07. The number of amides is 1. The Balaban J connectivity index is 1.51. The van der Waals surface area contributed by atoms with Gasteiger partial charge in [-0.1, -0.05) is 42.5 Å². The van der Waals surface area contributed by atoms with Crippen LogP contribution in [0.1, 0.15) is 16.2 Å². The van der Waals surface area contributed by atoms with E-state index in [0.29, 0.717) is 23.4 Å². The second-order valence-electron chi connectivity index (χ2n) is 7.10. The third-order valence-electron chi connectivity index (χ3n) is 5.11. The smallest absolute Gasteiger partial charge is 0.258 e. The number of hydrogen-bond donors (Lipinski definition) is 1. The molecule has 0 radical (unpaired) electrons. The Morgan fingerprint density at radius 1 is 0.774 bits per heavy atom. The number of nitrogens with one attached hydrogen (secondary N) is 1. The number of aromatic amines is 1. The van der Waals surface area contributed by atoms with Gasteiger partial charge in [-0.3, -0.25) is 14.8 Å². The zero-order valence-corrected chi connectivity index (χ0v) is 16.6. The van der Waals surface area contributed by atoms with Gasteiger partial charge in [-0.2, -0.15) is 0 Å². The van der Waals surface area contributed by atoms with Gasteiger partial charge in [-0.25, -0.2) is 4.98 Å². The van der Waals surface area contributed by atoms with Gasteiger partial charge in [-0.15, -0.1) is 0 Å². The molecule has 150 valence electrons. The number of benzene rings is 3. The van der Waals surface area contributed by atoms with E-state index in [1.54, 1.807) is 41.8 Å². The van der Waals surface area contributed by atoms with Gasteiger partial charge in [0.15, 0.2) is 0 Å². The first kappa shape index (κ1) is 18.7. The molecule has 0 aliphatic carbocycles. The van der Waals surface area contributed by atoms with E-state index in [1.807, 2.05) is 48.5 Å². The summed E-state index contributed by atoms with van der Waals surface area (Å²) in [5.74, 6) is 0.581. The summed E-state index contributed by atoms with van der Waals surface area (Å²) in [7, 11) is 0. The molecule has 5 rings (SSSR count). The topological polar surface area (TPSA) is 74.8 Å². The van der Waals surface area contributed by atoms with Crippen LogP contribution in [0, 0.1) is 0 Å². The molecule has 0 unspecified atom stereocenters. The van der Waals surface area contributed by atoms with E-state index in [0.717, 1.165) is 22.3 Å². The normalized spacial score (nSPS) is 10.8. The van der Waals surface area contributed by atoms with E-state index in [-0.39, 0.29) is 5.91 Å². The second kappa shape index (κ2) is 8.20. The minimum atomic E-state index is -0.128. The third kappa shape index (κ3) is 3.91. The molecule has 0 aliphatic heterocycles. The van der Waals surface area contributed by atoms with Gasteiger partial charge in [-0.05, 0) is 41.5 Å². The molecule has 6 heteroatoms. The fraction of sp³-hybridized carbons (Fsp3) is 0.0400. The van der Waals surface area contributed by atoms with Gasteiger partial charge in [0.2, 0.25) is 0 Å². The number of imidazole rings is 1. The Morgan fingerprint density at radius 2 is 1.52 bits per heavy atom. The number of carbonyl (C=O) groups is 1. The summed E-state index contributed by atoms with van der Waals surface area (Å²) in [6, 6.07) is 23.5. The lowest BCUT2D eigenvalue weighted by molar-refractivity contribution is 0.0984. The van der Waals surface area contributed by atoms with Crippen LogP contribution in [-0.4, -0.2) is 25.8 Å². The molecule has 3 aromatic carbocycles. The first-order valence-electron chi connectivity index (χ1n) is 9.94. The van der Waals surface area contributed by atoms with Crippen molar-refractivity contribution in [2.45, 2.75) is 6.54 Å². The molecular weight excluding hydrogens is 386 g/mol. The van der Waals surface area contributed by atoms with Crippen LogP contribution in [-0.2, 0) is 6.54 Å². The number of hydrogen-bond acceptors (Lipinski definition) is 4. The lowest BCUT2D eigenvalue weighted by Gasteiger charge is -2.22. The molecule has 5 aromatic rings. The van der Waals surface area contributed by atoms with Crippen LogP contribution >= 0.6 is 0 Å². The van der Waals surface area contributed by atoms with Gasteiger partial charge in [0.25, 0.3) is 5.91 Å². The van der Waals surface area contributed by atoms with E-state index in [4.69, 9.17) is 0 Å². The molecule has 0 atom stereocenters. The quantitative estimate of drug-likeness (QED) is 0.453. The highest BCUT2D eigenvalue weighted by atomic mass is 16.2. The predicted octanol–water partition coefficient (Wildman–Crippen LogP) is 4.87. The van der Waals surface area contributed by atoms with Gasteiger partial charge in [0, 0.05) is 36.0 Å². The van der Waals surface area contributed by atoms with Crippen molar-refractivity contribution in [3.8, 4) is 11.1 Å². The van der Waals surface area contributed by atoms with Crippen LogP contribution in [0.4, 0.5) is 5.69 Å². The summed E-state index contributed by atoms with van der Waals surface area (Å²) >= 11 is 0. The van der Waals surface area contributed by atoms with Gasteiger partial charge in [0.1, 0.15) is 5.82 Å². The standard InChI is InChI=1S/C25H19N5O/c31-25(20-8-11-22-23(16-20)27-13-12-26-22)30(17-24-28-14-15-29-24)21-9-6-19(7-10-21)18-4-2-1-3-5-18/h1-16H,17H2,(H,28,29). The number of rotatable bonds is 5. The van der Waals surface area contributed by atoms with Crippen molar-refractivity contribution in [1.82, 2.24) is 19.9 Å². The number of fused-ring (bicyclic) bond motifs is 1. The molecule has 1 N–H and O–H groups in total. The summed E-state index contributed by atoms with van der Waals surface area (Å²) in [6.45, 7) is 0.328. The third-order valence-corrected chi connectivity index (χ3v) is 5.11. The first-order valence-corrected chi connectivity index (χ1v) is 9.94. The Bertz CT molecular complexity index is 1320. The molecule has 0 saturated heterocycles. The number of nitrogens with zero attached hydrogens (tertiary/aromatic N) is 4. The molecule has 31 heavy (non-hydrogen) atoms. The van der Waals surface area contributed by atoms with E-state index >= 15 is 0 Å². The number of H-pyrrole nitrogens is 1. The average Bonchev–Trinajstić information content (AvgIpc) is 3.36. The van der Waals surface area contributed by atoms with Crippen LogP contribution in [0.25, 0.3) is 22.2 Å². The van der Waals surface area contributed by atoms with Crippen LogP contribution in [0.15, 0.2) is 97.6 Å². The average molecular weight is 405 g/mol. The molecule has 0 saturated carbocycles. The first-order chi connectivity index (χ1) is 15.3. The molecule has 0 fully saturated rings. The number of aromatic nitrogens is 4. The van der Waals surface area contributed by atoms with Gasteiger partial charge < -0.3 is 9.88 Å². The maximum absolute atomic E-state index is 13.5. The molecule has 0 bridgehead atoms. The molecule has 0 aliphatic rings. The molecule has 0 spiro atoms. The van der Waals surface area contributed by atoms with Crippen molar-refractivity contribution in [2.24, 2.45) is 0 Å². The van der Waals surface area contributed by atoms with Crippen molar-refractivity contribution in [1.29, 1.82) is 0 Å². The monoisotopic (exact) mass is 405 g/mol. The zero-order chi connectivity index (χ0) is 21.0. The van der Waals surface area contributed by atoms with Crippen molar-refractivity contribution in [3.63, 3.8) is 0 Å². The minimum Gasteiger partial charge on any atom is -0.347 e. The Kier molecular flexibility index (Phi) is 4.94. The van der Waals surface area contributed by atoms with E-state index in [1.165, 1.54) is 0 Å². The molecule has 6 nitrogen and oxygen atoms in total. The second-order valence-corrected chi connectivity index (χ2v) is 7.10. The van der Waals surface area contributed by atoms with Gasteiger partial charge in [0.05, 0.1) is 17.6 Å². The maximum Gasteiger partial charge on any atom is 0.258 e. The maximum atomic E-state index is 13.5. The summed E-state index contributed by atoms with van der Waals surface area (Å²) in [5.41, 5.74) is 5.00. The van der Waals surface area contributed by atoms with Crippen molar-refractivity contribution >= 4 is 22.6 Å². The lowest BCUT2D eigenvalue weighted by Crippen LogP contribution is -2.30. The van der Waals surface area contributed by atoms with E-state index in [9.17, 15) is 4.79 Å². The van der Waals surface area contributed by atoms with Crippen LogP contribution < -0.4 is 4.90 Å². The zero-order valence-electron chi connectivity index (χ0n) is 16.6. The van der Waals surface area contributed by atoms with E-state index < -0.39 is 0 Å². The van der Waals surface area contributed by atoms with Crippen LogP contribution in [0.2, 0.25) is 0 Å². The minimum absolute atomic E-state index is 0.128. The fourth-order valence-electron chi connectivity index (χ4n) is 3.53. The Hall–Kier alpha value is -4.32.